The molecule has 1 unspecified atom stereocenters. The Hall–Kier alpha value is -2.15. The van der Waals surface area contributed by atoms with Crippen LogP contribution in [0.25, 0.3) is 0 Å². The fraction of sp³-hybridized carbons (Fsp3) is 0.579. The molecule has 1 aliphatic heterocycles. The summed E-state index contributed by atoms with van der Waals surface area (Å²) < 4.78 is 24.7. The van der Waals surface area contributed by atoms with Crippen molar-refractivity contribution in [2.45, 2.75) is 39.4 Å². The second-order valence-corrected chi connectivity index (χ2v) is 7.38. The second kappa shape index (κ2) is 8.03. The number of nitrogens with zero attached hydrogens (tertiary/aromatic N) is 2. The van der Waals surface area contributed by atoms with Gasteiger partial charge < -0.3 is 19.3 Å². The van der Waals surface area contributed by atoms with Gasteiger partial charge in [0.1, 0.15) is 11.4 Å². The van der Waals surface area contributed by atoms with Crippen molar-refractivity contribution in [1.82, 2.24) is 9.80 Å². The molecule has 1 saturated heterocycles. The summed E-state index contributed by atoms with van der Waals surface area (Å²) in [5.74, 6) is -0.937. The standard InChI is InChI=1S/C19H27FN2O4/c1-13(25-5)14-6-7-16(20)15(12-14)17(23)21-8-10-22(11-9-21)18(24)26-19(2,3)4/h6-7,12-13H,8-11H2,1-5H3. The van der Waals surface area contributed by atoms with Gasteiger partial charge in [0.25, 0.3) is 5.91 Å². The van der Waals surface area contributed by atoms with Crippen molar-refractivity contribution in [2.75, 3.05) is 33.3 Å². The molecule has 0 radical (unpaired) electrons. The highest BCUT2D eigenvalue weighted by Crippen LogP contribution is 2.21. The van der Waals surface area contributed by atoms with Crippen LogP contribution in [-0.4, -0.2) is 60.7 Å². The number of hydrogen-bond donors (Lipinski definition) is 0. The molecule has 0 bridgehead atoms. The fourth-order valence-electron chi connectivity index (χ4n) is 2.68. The van der Waals surface area contributed by atoms with E-state index in [2.05, 4.69) is 0 Å². The molecule has 0 N–H and O–H groups in total. The van der Waals surface area contributed by atoms with Crippen LogP contribution in [-0.2, 0) is 9.47 Å². The summed E-state index contributed by atoms with van der Waals surface area (Å²) in [6, 6.07) is 4.43. The van der Waals surface area contributed by atoms with Crippen molar-refractivity contribution < 1.29 is 23.5 Å². The van der Waals surface area contributed by atoms with Gasteiger partial charge in [-0.3, -0.25) is 4.79 Å². The van der Waals surface area contributed by atoms with Crippen LogP contribution >= 0.6 is 0 Å². The van der Waals surface area contributed by atoms with E-state index in [-0.39, 0.29) is 17.6 Å². The predicted molar refractivity (Wildman–Crippen MR) is 95.5 cm³/mol. The Morgan fingerprint density at radius 1 is 1.12 bits per heavy atom. The van der Waals surface area contributed by atoms with Crippen molar-refractivity contribution in [1.29, 1.82) is 0 Å². The van der Waals surface area contributed by atoms with Gasteiger partial charge in [-0.15, -0.1) is 0 Å². The zero-order valence-electron chi connectivity index (χ0n) is 16.0. The van der Waals surface area contributed by atoms with Crippen LogP contribution in [0.5, 0.6) is 0 Å². The zero-order valence-corrected chi connectivity index (χ0v) is 16.0. The molecule has 1 heterocycles. The maximum atomic E-state index is 14.2. The van der Waals surface area contributed by atoms with Gasteiger partial charge >= 0.3 is 6.09 Å². The smallest absolute Gasteiger partial charge is 0.410 e. The number of ether oxygens (including phenoxy) is 2. The minimum Gasteiger partial charge on any atom is -0.444 e. The van der Waals surface area contributed by atoms with E-state index in [4.69, 9.17) is 9.47 Å². The average molecular weight is 366 g/mol. The van der Waals surface area contributed by atoms with Crippen LogP contribution in [0.3, 0.4) is 0 Å². The van der Waals surface area contributed by atoms with Gasteiger partial charge in [-0.2, -0.15) is 0 Å². The van der Waals surface area contributed by atoms with Crippen LogP contribution in [0, 0.1) is 5.82 Å². The lowest BCUT2D eigenvalue weighted by atomic mass is 10.0. The lowest BCUT2D eigenvalue weighted by Crippen LogP contribution is -2.51. The van der Waals surface area contributed by atoms with Crippen molar-refractivity contribution >= 4 is 12.0 Å². The Morgan fingerprint density at radius 3 is 2.23 bits per heavy atom. The van der Waals surface area contributed by atoms with E-state index >= 15 is 0 Å². The lowest BCUT2D eigenvalue weighted by Gasteiger charge is -2.35. The Kier molecular flexibility index (Phi) is 6.23. The fourth-order valence-corrected chi connectivity index (χ4v) is 2.68. The van der Waals surface area contributed by atoms with Gasteiger partial charge in [-0.1, -0.05) is 6.07 Å². The van der Waals surface area contributed by atoms with E-state index in [1.165, 1.54) is 12.1 Å². The number of piperazine rings is 1. The van der Waals surface area contributed by atoms with Gasteiger partial charge in [-0.25, -0.2) is 9.18 Å². The van der Waals surface area contributed by atoms with Crippen LogP contribution < -0.4 is 0 Å². The average Bonchev–Trinajstić information content (AvgIpc) is 2.59. The first-order chi connectivity index (χ1) is 12.1. The van der Waals surface area contributed by atoms with Crippen molar-refractivity contribution in [3.8, 4) is 0 Å². The van der Waals surface area contributed by atoms with Crippen molar-refractivity contribution in [2.24, 2.45) is 0 Å². The number of rotatable bonds is 3. The monoisotopic (exact) mass is 366 g/mol. The third-order valence-corrected chi connectivity index (χ3v) is 4.26. The number of carbonyl (C=O) groups is 2. The van der Waals surface area contributed by atoms with Gasteiger partial charge in [0.05, 0.1) is 11.7 Å². The Bertz CT molecular complexity index is 664. The summed E-state index contributed by atoms with van der Waals surface area (Å²) in [6.45, 7) is 8.64. The molecule has 0 aromatic heterocycles. The summed E-state index contributed by atoms with van der Waals surface area (Å²) in [7, 11) is 1.56. The molecule has 1 fully saturated rings. The molecule has 7 heteroatoms. The first-order valence-corrected chi connectivity index (χ1v) is 8.72. The Balaban J connectivity index is 2.03. The quantitative estimate of drug-likeness (QED) is 0.824. The summed E-state index contributed by atoms with van der Waals surface area (Å²) in [5, 5.41) is 0. The molecule has 0 aliphatic carbocycles. The number of halogens is 1. The molecule has 26 heavy (non-hydrogen) atoms. The largest absolute Gasteiger partial charge is 0.444 e. The molecular formula is C19H27FN2O4. The van der Waals surface area contributed by atoms with Crippen LogP contribution in [0.15, 0.2) is 18.2 Å². The van der Waals surface area contributed by atoms with Gasteiger partial charge in [0, 0.05) is 33.3 Å². The second-order valence-electron chi connectivity index (χ2n) is 7.38. The SMILES string of the molecule is COC(C)c1ccc(F)c(C(=O)N2CCN(C(=O)OC(C)(C)C)CC2)c1. The molecule has 144 valence electrons. The Morgan fingerprint density at radius 2 is 1.69 bits per heavy atom. The number of amides is 2. The third-order valence-electron chi connectivity index (χ3n) is 4.26. The summed E-state index contributed by atoms with van der Waals surface area (Å²) in [4.78, 5) is 27.9. The number of hydrogen-bond acceptors (Lipinski definition) is 4. The maximum absolute atomic E-state index is 14.2. The zero-order chi connectivity index (χ0) is 19.5. The number of methoxy groups -OCH3 is 1. The Labute approximate surface area is 153 Å². The molecule has 0 saturated carbocycles. The molecule has 0 spiro atoms. The van der Waals surface area contributed by atoms with E-state index in [9.17, 15) is 14.0 Å². The highest BCUT2D eigenvalue weighted by molar-refractivity contribution is 5.94. The molecule has 6 nitrogen and oxygen atoms in total. The highest BCUT2D eigenvalue weighted by Gasteiger charge is 2.29. The topological polar surface area (TPSA) is 59.1 Å². The molecule has 2 amide bonds. The number of carbonyl (C=O) groups excluding carboxylic acids is 2. The van der Waals surface area contributed by atoms with E-state index in [1.54, 1.807) is 43.7 Å². The van der Waals surface area contributed by atoms with Gasteiger partial charge in [0.2, 0.25) is 0 Å². The predicted octanol–water partition coefficient (Wildman–Crippen LogP) is 3.23. The molecule has 1 aliphatic rings. The minimum absolute atomic E-state index is 0.0251. The maximum Gasteiger partial charge on any atom is 0.410 e. The first kappa shape index (κ1) is 20.2. The van der Waals surface area contributed by atoms with E-state index < -0.39 is 17.5 Å². The summed E-state index contributed by atoms with van der Waals surface area (Å²) in [6.07, 6.45) is -0.627. The summed E-state index contributed by atoms with van der Waals surface area (Å²) >= 11 is 0. The number of benzene rings is 1. The molecule has 2 rings (SSSR count). The van der Waals surface area contributed by atoms with Crippen LogP contribution in [0.1, 0.15) is 49.7 Å². The molecular weight excluding hydrogens is 339 g/mol. The third kappa shape index (κ3) is 4.94. The normalized spacial score (nSPS) is 16.4. The van der Waals surface area contributed by atoms with Crippen LogP contribution in [0.2, 0.25) is 0 Å². The van der Waals surface area contributed by atoms with Crippen molar-refractivity contribution in [3.05, 3.63) is 35.1 Å². The van der Waals surface area contributed by atoms with Gasteiger partial charge in [0.15, 0.2) is 0 Å². The molecule has 1 aromatic rings. The van der Waals surface area contributed by atoms with E-state index in [0.717, 1.165) is 5.56 Å². The van der Waals surface area contributed by atoms with E-state index in [1.807, 2.05) is 6.92 Å². The molecule has 1 atom stereocenters. The molecule has 1 aromatic carbocycles. The van der Waals surface area contributed by atoms with Gasteiger partial charge in [-0.05, 0) is 45.4 Å². The minimum atomic E-state index is -0.564. The first-order valence-electron chi connectivity index (χ1n) is 8.72. The van der Waals surface area contributed by atoms with Crippen LogP contribution in [0.4, 0.5) is 9.18 Å². The van der Waals surface area contributed by atoms with Crippen molar-refractivity contribution in [3.63, 3.8) is 0 Å². The highest BCUT2D eigenvalue weighted by atomic mass is 19.1. The van der Waals surface area contributed by atoms with E-state index in [0.29, 0.717) is 26.2 Å². The lowest BCUT2D eigenvalue weighted by molar-refractivity contribution is 0.0140. The summed E-state index contributed by atoms with van der Waals surface area (Å²) in [5.41, 5.74) is 0.202.